The van der Waals surface area contributed by atoms with Crippen molar-refractivity contribution in [2.24, 2.45) is 0 Å². The van der Waals surface area contributed by atoms with Crippen LogP contribution in [0.5, 0.6) is 0 Å². The lowest BCUT2D eigenvalue weighted by atomic mass is 10.2. The van der Waals surface area contributed by atoms with Crippen molar-refractivity contribution in [3.63, 3.8) is 0 Å². The highest BCUT2D eigenvalue weighted by molar-refractivity contribution is 5.74. The van der Waals surface area contributed by atoms with E-state index >= 15 is 0 Å². The Balaban J connectivity index is 1.42. The van der Waals surface area contributed by atoms with E-state index in [2.05, 4.69) is 14.9 Å². The van der Waals surface area contributed by atoms with Gasteiger partial charge in [0.1, 0.15) is 5.82 Å². The number of alkyl halides is 3. The van der Waals surface area contributed by atoms with Crippen LogP contribution in [-0.2, 0) is 12.8 Å². The molecule has 1 aromatic carbocycles. The van der Waals surface area contributed by atoms with Gasteiger partial charge in [-0.15, -0.1) is 0 Å². The molecule has 2 aromatic heterocycles. The smallest absolute Gasteiger partial charge is 0.354 e. The predicted octanol–water partition coefficient (Wildman–Crippen LogP) is 2.52. The number of imidazole rings is 1. The molecular weight excluding hydrogens is 359 g/mol. The lowest BCUT2D eigenvalue weighted by Gasteiger charge is -2.35. The fraction of sp³-hybridized carbons (Fsp3) is 0.333. The molecule has 1 N–H and O–H groups in total. The number of hydrogen-bond acceptors (Lipinski definition) is 4. The largest absolute Gasteiger partial charge is 0.417 e. The van der Waals surface area contributed by atoms with Crippen LogP contribution in [0.25, 0.3) is 11.0 Å². The molecule has 0 unspecified atom stereocenters. The molecule has 9 heteroatoms. The van der Waals surface area contributed by atoms with E-state index in [-0.39, 0.29) is 5.69 Å². The van der Waals surface area contributed by atoms with Crippen molar-refractivity contribution >= 4 is 16.9 Å². The molecule has 0 bridgehead atoms. The highest BCUT2D eigenvalue weighted by Crippen LogP contribution is 2.29. The van der Waals surface area contributed by atoms with Crippen LogP contribution in [-0.4, -0.2) is 45.6 Å². The average Bonchev–Trinajstić information content (AvgIpc) is 2.97. The van der Waals surface area contributed by atoms with Crippen molar-refractivity contribution in [1.82, 2.24) is 19.4 Å². The second kappa shape index (κ2) is 6.73. The van der Waals surface area contributed by atoms with Gasteiger partial charge in [0.2, 0.25) is 0 Å². The lowest BCUT2D eigenvalue weighted by Crippen LogP contribution is -2.47. The van der Waals surface area contributed by atoms with E-state index in [1.165, 1.54) is 6.07 Å². The fourth-order valence-electron chi connectivity index (χ4n) is 3.31. The van der Waals surface area contributed by atoms with E-state index in [1.807, 2.05) is 29.2 Å². The van der Waals surface area contributed by atoms with E-state index in [0.717, 1.165) is 23.3 Å². The number of benzene rings is 1. The molecule has 6 nitrogen and oxygen atoms in total. The SMILES string of the molecule is O=c1[nH]c2ccccc2n1CN1CCN(c2ccc(C(F)(F)F)cn2)CC1. The summed E-state index contributed by atoms with van der Waals surface area (Å²) >= 11 is 0. The highest BCUT2D eigenvalue weighted by atomic mass is 19.4. The number of rotatable bonds is 3. The standard InChI is InChI=1S/C18H18F3N5O/c19-18(20,21)13-5-6-16(22-11-13)25-9-7-24(8-10-25)12-26-15-4-2-1-3-14(15)23-17(26)27/h1-6,11H,7-10,12H2,(H,23,27). The summed E-state index contributed by atoms with van der Waals surface area (Å²) in [5, 5.41) is 0. The first-order valence-electron chi connectivity index (χ1n) is 8.60. The van der Waals surface area contributed by atoms with Gasteiger partial charge in [0, 0.05) is 32.4 Å². The summed E-state index contributed by atoms with van der Waals surface area (Å²) in [4.78, 5) is 23.1. The number of aromatic amines is 1. The van der Waals surface area contributed by atoms with Gasteiger partial charge in [-0.2, -0.15) is 13.2 Å². The summed E-state index contributed by atoms with van der Waals surface area (Å²) in [6.07, 6.45) is -3.51. The first-order valence-corrected chi connectivity index (χ1v) is 8.60. The van der Waals surface area contributed by atoms with Crippen molar-refractivity contribution in [1.29, 1.82) is 0 Å². The van der Waals surface area contributed by atoms with Crippen molar-refractivity contribution in [3.05, 3.63) is 58.6 Å². The van der Waals surface area contributed by atoms with Gasteiger partial charge < -0.3 is 9.88 Å². The van der Waals surface area contributed by atoms with Crippen LogP contribution in [0, 0.1) is 0 Å². The molecule has 3 aromatic rings. The molecule has 0 aliphatic carbocycles. The quantitative estimate of drug-likeness (QED) is 0.762. The Bertz CT molecular complexity index is 985. The maximum Gasteiger partial charge on any atom is 0.417 e. The van der Waals surface area contributed by atoms with Gasteiger partial charge in [0.05, 0.1) is 23.3 Å². The predicted molar refractivity (Wildman–Crippen MR) is 95.6 cm³/mol. The number of para-hydroxylation sites is 2. The molecule has 0 radical (unpaired) electrons. The van der Waals surface area contributed by atoms with Crippen molar-refractivity contribution in [2.45, 2.75) is 12.8 Å². The molecule has 142 valence electrons. The minimum Gasteiger partial charge on any atom is -0.354 e. The first-order chi connectivity index (χ1) is 12.9. The van der Waals surface area contributed by atoms with Crippen LogP contribution in [0.4, 0.5) is 19.0 Å². The Kier molecular flexibility index (Phi) is 4.39. The molecule has 0 atom stereocenters. The summed E-state index contributed by atoms with van der Waals surface area (Å²) in [6.45, 7) is 3.12. The number of pyridine rings is 1. The van der Waals surface area contributed by atoms with Crippen LogP contribution in [0.15, 0.2) is 47.4 Å². The van der Waals surface area contributed by atoms with Crippen LogP contribution in [0.3, 0.4) is 0 Å². The van der Waals surface area contributed by atoms with Gasteiger partial charge in [-0.3, -0.25) is 9.47 Å². The van der Waals surface area contributed by atoms with Crippen LogP contribution >= 0.6 is 0 Å². The maximum atomic E-state index is 12.6. The van der Waals surface area contributed by atoms with E-state index in [0.29, 0.717) is 38.7 Å². The van der Waals surface area contributed by atoms with E-state index in [4.69, 9.17) is 0 Å². The van der Waals surface area contributed by atoms with Gasteiger partial charge in [-0.05, 0) is 24.3 Å². The molecule has 1 saturated heterocycles. The van der Waals surface area contributed by atoms with Gasteiger partial charge in [0.15, 0.2) is 0 Å². The number of hydrogen-bond donors (Lipinski definition) is 1. The molecule has 3 heterocycles. The molecule has 0 amide bonds. The molecule has 4 rings (SSSR count). The maximum absolute atomic E-state index is 12.6. The number of anilines is 1. The Morgan fingerprint density at radius 3 is 2.44 bits per heavy atom. The van der Waals surface area contributed by atoms with Gasteiger partial charge in [0.25, 0.3) is 0 Å². The molecule has 0 spiro atoms. The Hall–Kier alpha value is -2.81. The van der Waals surface area contributed by atoms with Gasteiger partial charge in [-0.25, -0.2) is 9.78 Å². The van der Waals surface area contributed by atoms with Crippen LogP contribution in [0.1, 0.15) is 5.56 Å². The summed E-state index contributed by atoms with van der Waals surface area (Å²) in [7, 11) is 0. The number of nitrogens with zero attached hydrogens (tertiary/aromatic N) is 4. The summed E-state index contributed by atoms with van der Waals surface area (Å²) < 4.78 is 39.6. The third kappa shape index (κ3) is 3.55. The monoisotopic (exact) mass is 377 g/mol. The molecule has 0 saturated carbocycles. The minimum absolute atomic E-state index is 0.150. The first kappa shape index (κ1) is 17.6. The lowest BCUT2D eigenvalue weighted by molar-refractivity contribution is -0.137. The number of nitrogens with one attached hydrogen (secondary N) is 1. The number of piperazine rings is 1. The number of halogens is 3. The normalized spacial score (nSPS) is 16.2. The number of aromatic nitrogens is 3. The van der Waals surface area contributed by atoms with Crippen molar-refractivity contribution < 1.29 is 13.2 Å². The molecular formula is C18H18F3N5O. The van der Waals surface area contributed by atoms with Crippen molar-refractivity contribution in [2.75, 3.05) is 31.1 Å². The minimum atomic E-state index is -4.38. The highest BCUT2D eigenvalue weighted by Gasteiger charge is 2.31. The van der Waals surface area contributed by atoms with Crippen LogP contribution < -0.4 is 10.6 Å². The molecule has 27 heavy (non-hydrogen) atoms. The van der Waals surface area contributed by atoms with E-state index < -0.39 is 11.7 Å². The second-order valence-electron chi connectivity index (χ2n) is 6.52. The molecule has 1 aliphatic heterocycles. The topological polar surface area (TPSA) is 57.2 Å². The number of H-pyrrole nitrogens is 1. The third-order valence-electron chi connectivity index (χ3n) is 4.79. The molecule has 1 fully saturated rings. The summed E-state index contributed by atoms with van der Waals surface area (Å²) in [5.41, 5.74) is 0.760. The fourth-order valence-corrected chi connectivity index (χ4v) is 3.31. The number of fused-ring (bicyclic) bond motifs is 1. The zero-order chi connectivity index (χ0) is 19.0. The van der Waals surface area contributed by atoms with Crippen molar-refractivity contribution in [3.8, 4) is 0 Å². The summed E-state index contributed by atoms with van der Waals surface area (Å²) in [6, 6.07) is 9.98. The molecule has 1 aliphatic rings. The van der Waals surface area contributed by atoms with Gasteiger partial charge >= 0.3 is 11.9 Å². The Morgan fingerprint density at radius 1 is 1.04 bits per heavy atom. The zero-order valence-corrected chi connectivity index (χ0v) is 14.4. The van der Waals surface area contributed by atoms with E-state index in [9.17, 15) is 18.0 Å². The Morgan fingerprint density at radius 2 is 1.78 bits per heavy atom. The second-order valence-corrected chi connectivity index (χ2v) is 6.52. The summed E-state index contributed by atoms with van der Waals surface area (Å²) in [5.74, 6) is 0.534. The zero-order valence-electron chi connectivity index (χ0n) is 14.4. The third-order valence-corrected chi connectivity index (χ3v) is 4.79. The Labute approximate surface area is 152 Å². The van der Waals surface area contributed by atoms with E-state index in [1.54, 1.807) is 4.57 Å². The van der Waals surface area contributed by atoms with Gasteiger partial charge in [-0.1, -0.05) is 12.1 Å². The van der Waals surface area contributed by atoms with Crippen LogP contribution in [0.2, 0.25) is 0 Å². The average molecular weight is 377 g/mol.